The number of amides is 1. The minimum atomic E-state index is -0.833. The smallest absolute Gasteiger partial charge is 0.300 e. The van der Waals surface area contributed by atoms with Crippen LogP contribution in [0, 0.1) is 5.41 Å². The number of carboxylic acid groups (broad SMARTS) is 1. The Morgan fingerprint density at radius 1 is 1.23 bits per heavy atom. The summed E-state index contributed by atoms with van der Waals surface area (Å²) in [5.74, 6) is 0.212. The van der Waals surface area contributed by atoms with E-state index in [1.165, 1.54) is 6.42 Å². The van der Waals surface area contributed by atoms with Gasteiger partial charge in [-0.3, -0.25) is 9.59 Å². The van der Waals surface area contributed by atoms with Gasteiger partial charge in [-0.25, -0.2) is 9.97 Å². The van der Waals surface area contributed by atoms with Crippen LogP contribution < -0.4 is 5.32 Å². The second-order valence-corrected chi connectivity index (χ2v) is 8.42. The van der Waals surface area contributed by atoms with Gasteiger partial charge in [0.25, 0.3) is 5.97 Å². The number of benzene rings is 1. The number of carbonyl (C=O) groups excluding carboxylic acids is 1. The lowest BCUT2D eigenvalue weighted by molar-refractivity contribution is -0.144. The van der Waals surface area contributed by atoms with Gasteiger partial charge < -0.3 is 15.3 Å². The molecule has 0 saturated carbocycles. The van der Waals surface area contributed by atoms with Crippen LogP contribution in [0.1, 0.15) is 50.8 Å². The summed E-state index contributed by atoms with van der Waals surface area (Å²) in [6, 6.07) is 10.9. The largest absolute Gasteiger partial charge is 0.481 e. The molecule has 30 heavy (non-hydrogen) atoms. The van der Waals surface area contributed by atoms with Crippen LogP contribution in [0.5, 0.6) is 0 Å². The van der Waals surface area contributed by atoms with Gasteiger partial charge in [0.05, 0.1) is 17.7 Å². The zero-order valence-electron chi connectivity index (χ0n) is 17.5. The van der Waals surface area contributed by atoms with E-state index in [-0.39, 0.29) is 5.41 Å². The average Bonchev–Trinajstić information content (AvgIpc) is 3.47. The second kappa shape index (κ2) is 8.14. The molecule has 2 N–H and O–H groups in total. The Kier molecular flexibility index (Phi) is 5.56. The molecule has 0 spiro atoms. The van der Waals surface area contributed by atoms with Crippen molar-refractivity contribution < 1.29 is 14.7 Å². The maximum absolute atomic E-state index is 13.5. The summed E-state index contributed by atoms with van der Waals surface area (Å²) in [7, 11) is 0. The topological polar surface area (TPSA) is 95.4 Å². The van der Waals surface area contributed by atoms with Gasteiger partial charge in [-0.05, 0) is 25.7 Å². The standard InChI is InChI=1S/C21H24N4O.C2H4O2/c1-2-21(10-16-8-9-18(21)23-16)20(26)25-12-15-11-22-19(24-17(15)13-25)14-6-4-3-5-7-14;1-2(3)4/h3-7,11,16,18,23H,2,8-10,12-13H2,1H3;1H3,(H,3,4)/t16-,18+,21+;/m0./s1. The number of rotatable bonds is 3. The number of fused-ring (bicyclic) bond motifs is 3. The van der Waals surface area contributed by atoms with Gasteiger partial charge in [-0.15, -0.1) is 0 Å². The highest BCUT2D eigenvalue weighted by Crippen LogP contribution is 2.47. The van der Waals surface area contributed by atoms with E-state index in [0.29, 0.717) is 31.1 Å². The summed E-state index contributed by atoms with van der Waals surface area (Å²) >= 11 is 0. The Labute approximate surface area is 176 Å². The van der Waals surface area contributed by atoms with Crippen molar-refractivity contribution in [3.63, 3.8) is 0 Å². The zero-order valence-corrected chi connectivity index (χ0v) is 17.5. The van der Waals surface area contributed by atoms with Crippen LogP contribution in [0.4, 0.5) is 0 Å². The molecule has 1 aromatic heterocycles. The molecule has 3 aliphatic rings. The second-order valence-electron chi connectivity index (χ2n) is 8.42. The van der Waals surface area contributed by atoms with Crippen LogP contribution in [-0.2, 0) is 22.7 Å². The molecule has 1 aromatic carbocycles. The highest BCUT2D eigenvalue weighted by Gasteiger charge is 2.55. The molecule has 2 aromatic rings. The molecule has 0 unspecified atom stereocenters. The van der Waals surface area contributed by atoms with Gasteiger partial charge in [-0.1, -0.05) is 37.3 Å². The number of hydrogen-bond acceptors (Lipinski definition) is 5. The maximum atomic E-state index is 13.5. The van der Waals surface area contributed by atoms with Crippen LogP contribution >= 0.6 is 0 Å². The molecule has 4 heterocycles. The van der Waals surface area contributed by atoms with Gasteiger partial charge in [0.1, 0.15) is 0 Å². The van der Waals surface area contributed by atoms with E-state index in [0.717, 1.165) is 48.8 Å². The maximum Gasteiger partial charge on any atom is 0.300 e. The van der Waals surface area contributed by atoms with Crippen LogP contribution in [-0.4, -0.2) is 43.9 Å². The first kappa shape index (κ1) is 20.5. The van der Waals surface area contributed by atoms with E-state index in [4.69, 9.17) is 14.9 Å². The first-order valence-electron chi connectivity index (χ1n) is 10.6. The van der Waals surface area contributed by atoms with Crippen LogP contribution in [0.3, 0.4) is 0 Å². The summed E-state index contributed by atoms with van der Waals surface area (Å²) in [6.45, 7) is 4.49. The molecule has 0 radical (unpaired) electrons. The molecule has 2 fully saturated rings. The van der Waals surface area contributed by atoms with Crippen molar-refractivity contribution in [3.05, 3.63) is 47.8 Å². The van der Waals surface area contributed by atoms with Gasteiger partial charge >= 0.3 is 0 Å². The third-order valence-corrected chi connectivity index (χ3v) is 6.55. The van der Waals surface area contributed by atoms with Crippen LogP contribution in [0.2, 0.25) is 0 Å². The van der Waals surface area contributed by atoms with E-state index in [1.807, 2.05) is 41.4 Å². The van der Waals surface area contributed by atoms with E-state index in [1.54, 1.807) is 0 Å². The van der Waals surface area contributed by atoms with E-state index >= 15 is 0 Å². The van der Waals surface area contributed by atoms with Crippen LogP contribution in [0.25, 0.3) is 11.4 Å². The Balaban J connectivity index is 0.000000503. The summed E-state index contributed by atoms with van der Waals surface area (Å²) in [5.41, 5.74) is 2.87. The van der Waals surface area contributed by atoms with E-state index < -0.39 is 5.97 Å². The number of carbonyl (C=O) groups is 2. The van der Waals surface area contributed by atoms with E-state index in [9.17, 15) is 4.79 Å². The molecule has 158 valence electrons. The number of hydrogen-bond donors (Lipinski definition) is 2. The molecule has 2 saturated heterocycles. The average molecular weight is 409 g/mol. The predicted octanol–water partition coefficient (Wildman–Crippen LogP) is 3.00. The number of nitrogens with one attached hydrogen (secondary N) is 1. The van der Waals surface area contributed by atoms with Gasteiger partial charge in [0.15, 0.2) is 5.82 Å². The molecule has 3 atom stereocenters. The van der Waals surface area contributed by atoms with E-state index in [2.05, 4.69) is 17.2 Å². The van der Waals surface area contributed by atoms with Crippen molar-refractivity contribution >= 4 is 11.9 Å². The fourth-order valence-corrected chi connectivity index (χ4v) is 5.11. The first-order chi connectivity index (χ1) is 14.4. The minimum absolute atomic E-state index is 0.222. The monoisotopic (exact) mass is 408 g/mol. The predicted molar refractivity (Wildman–Crippen MR) is 112 cm³/mol. The fraction of sp³-hybridized carbons (Fsp3) is 0.478. The van der Waals surface area contributed by atoms with Crippen LogP contribution in [0.15, 0.2) is 36.5 Å². The lowest BCUT2D eigenvalue weighted by atomic mass is 9.71. The molecule has 5 rings (SSSR count). The SMILES string of the molecule is CC(=O)O.CC[C@@]1(C(=O)N2Cc3cnc(-c4ccccc4)nc3C2)C[C@@H]2CC[C@H]1N2. The molecule has 7 nitrogen and oxygen atoms in total. The number of nitrogens with zero attached hydrogens (tertiary/aromatic N) is 3. The first-order valence-corrected chi connectivity index (χ1v) is 10.6. The van der Waals surface area contributed by atoms with Crippen molar-refractivity contribution in [1.82, 2.24) is 20.2 Å². The minimum Gasteiger partial charge on any atom is -0.481 e. The number of carboxylic acids is 1. The summed E-state index contributed by atoms with van der Waals surface area (Å²) in [4.78, 5) is 33.7. The van der Waals surface area contributed by atoms with Crippen molar-refractivity contribution in [2.45, 2.75) is 64.7 Å². The molecule has 1 amide bonds. The third-order valence-electron chi connectivity index (χ3n) is 6.55. The normalized spacial score (nSPS) is 26.1. The Morgan fingerprint density at radius 3 is 2.57 bits per heavy atom. The van der Waals surface area contributed by atoms with Crippen molar-refractivity contribution in [3.8, 4) is 11.4 Å². The molecule has 7 heteroatoms. The highest BCUT2D eigenvalue weighted by atomic mass is 16.4. The highest BCUT2D eigenvalue weighted by molar-refractivity contribution is 5.85. The Hall–Kier alpha value is -2.80. The van der Waals surface area contributed by atoms with Gasteiger partial charge in [-0.2, -0.15) is 0 Å². The lowest BCUT2D eigenvalue weighted by Gasteiger charge is -2.37. The molecule has 2 bridgehead atoms. The zero-order chi connectivity index (χ0) is 21.3. The summed E-state index contributed by atoms with van der Waals surface area (Å²) in [5, 5.41) is 11.1. The third kappa shape index (κ3) is 3.69. The quantitative estimate of drug-likeness (QED) is 0.811. The van der Waals surface area contributed by atoms with Gasteiger partial charge in [0, 0.05) is 42.9 Å². The summed E-state index contributed by atoms with van der Waals surface area (Å²) < 4.78 is 0. The van der Waals surface area contributed by atoms with Crippen molar-refractivity contribution in [1.29, 1.82) is 0 Å². The number of aromatic nitrogens is 2. The number of aliphatic carboxylic acids is 1. The Bertz CT molecular complexity index is 945. The van der Waals surface area contributed by atoms with Crippen molar-refractivity contribution in [2.24, 2.45) is 5.41 Å². The lowest BCUT2D eigenvalue weighted by Crippen LogP contribution is -2.48. The van der Waals surface area contributed by atoms with Gasteiger partial charge in [0.2, 0.25) is 5.91 Å². The molecular weight excluding hydrogens is 380 g/mol. The molecule has 0 aliphatic carbocycles. The summed E-state index contributed by atoms with van der Waals surface area (Å²) in [6.07, 6.45) is 6.14. The molecule has 3 aliphatic heterocycles. The molecular formula is C23H28N4O3. The fourth-order valence-electron chi connectivity index (χ4n) is 5.11. The Morgan fingerprint density at radius 2 is 1.97 bits per heavy atom. The van der Waals surface area contributed by atoms with Crippen molar-refractivity contribution in [2.75, 3.05) is 0 Å².